The number of benzene rings is 2. The Hall–Kier alpha value is -3.48. The summed E-state index contributed by atoms with van der Waals surface area (Å²) in [6.45, 7) is 0.865. The van der Waals surface area contributed by atoms with Gasteiger partial charge in [0, 0.05) is 11.6 Å². The molecule has 2 aromatic rings. The van der Waals surface area contributed by atoms with E-state index in [1.54, 1.807) is 30.3 Å². The quantitative estimate of drug-likeness (QED) is 0.459. The SMILES string of the molecule is COc1ccc(/C=C/C(=O)OCC(=O)Nc2ccccc2C(C)=O)cc1F. The number of methoxy groups -OCH3 is 1. The first-order valence-electron chi connectivity index (χ1n) is 7.99. The van der Waals surface area contributed by atoms with Crippen LogP contribution in [-0.4, -0.2) is 31.4 Å². The number of ether oxygens (including phenoxy) is 2. The second-order valence-electron chi connectivity index (χ2n) is 5.48. The van der Waals surface area contributed by atoms with Crippen molar-refractivity contribution in [2.75, 3.05) is 19.0 Å². The maximum absolute atomic E-state index is 13.6. The van der Waals surface area contributed by atoms with E-state index >= 15 is 0 Å². The van der Waals surface area contributed by atoms with Gasteiger partial charge in [-0.05, 0) is 42.8 Å². The highest BCUT2D eigenvalue weighted by atomic mass is 19.1. The monoisotopic (exact) mass is 371 g/mol. The Morgan fingerprint density at radius 3 is 2.56 bits per heavy atom. The summed E-state index contributed by atoms with van der Waals surface area (Å²) in [4.78, 5) is 35.1. The number of halogens is 1. The van der Waals surface area contributed by atoms with Crippen molar-refractivity contribution in [2.24, 2.45) is 0 Å². The van der Waals surface area contributed by atoms with Gasteiger partial charge in [0.1, 0.15) is 0 Å². The first kappa shape index (κ1) is 19.8. The molecule has 2 aromatic carbocycles. The number of esters is 1. The van der Waals surface area contributed by atoms with Gasteiger partial charge >= 0.3 is 5.97 Å². The van der Waals surface area contributed by atoms with Gasteiger partial charge in [-0.1, -0.05) is 18.2 Å². The Labute approximate surface area is 155 Å². The van der Waals surface area contributed by atoms with Crippen molar-refractivity contribution < 1.29 is 28.2 Å². The largest absolute Gasteiger partial charge is 0.494 e. The van der Waals surface area contributed by atoms with Gasteiger partial charge in [0.2, 0.25) is 0 Å². The van der Waals surface area contributed by atoms with Crippen LogP contribution in [0.15, 0.2) is 48.5 Å². The van der Waals surface area contributed by atoms with Gasteiger partial charge in [-0.3, -0.25) is 9.59 Å². The van der Waals surface area contributed by atoms with Crippen molar-refractivity contribution in [2.45, 2.75) is 6.92 Å². The van der Waals surface area contributed by atoms with Crippen molar-refractivity contribution in [3.63, 3.8) is 0 Å². The number of ketones is 1. The molecule has 7 heteroatoms. The van der Waals surface area contributed by atoms with E-state index in [1.165, 1.54) is 32.2 Å². The number of para-hydroxylation sites is 1. The minimum atomic E-state index is -0.763. The molecule has 0 aliphatic carbocycles. The molecule has 0 aliphatic heterocycles. The second kappa shape index (κ2) is 9.28. The van der Waals surface area contributed by atoms with Crippen LogP contribution in [0.1, 0.15) is 22.8 Å². The molecule has 0 aliphatic rings. The summed E-state index contributed by atoms with van der Waals surface area (Å²) in [6, 6.07) is 10.7. The number of hydrogen-bond acceptors (Lipinski definition) is 5. The molecule has 6 nitrogen and oxygen atoms in total. The lowest BCUT2D eigenvalue weighted by atomic mass is 10.1. The first-order chi connectivity index (χ1) is 12.9. The zero-order chi connectivity index (χ0) is 19.8. The number of carbonyl (C=O) groups excluding carboxylic acids is 3. The fourth-order valence-electron chi connectivity index (χ4n) is 2.22. The predicted molar refractivity (Wildman–Crippen MR) is 98.0 cm³/mol. The van der Waals surface area contributed by atoms with E-state index in [2.05, 4.69) is 5.32 Å². The summed E-state index contributed by atoms with van der Waals surface area (Å²) in [6.07, 6.45) is 2.44. The van der Waals surface area contributed by atoms with E-state index in [0.29, 0.717) is 16.8 Å². The molecule has 0 atom stereocenters. The summed E-state index contributed by atoms with van der Waals surface area (Å²) in [5, 5.41) is 2.52. The van der Waals surface area contributed by atoms with Gasteiger partial charge in [-0.15, -0.1) is 0 Å². The standard InChI is InChI=1S/C20H18FNO5/c1-13(23)15-5-3-4-6-17(15)22-19(24)12-27-20(25)10-8-14-7-9-18(26-2)16(21)11-14/h3-11H,12H2,1-2H3,(H,22,24)/b10-8+. The third kappa shape index (κ3) is 5.78. The van der Waals surface area contributed by atoms with Crippen LogP contribution in [0.5, 0.6) is 5.75 Å². The van der Waals surface area contributed by atoms with E-state index in [9.17, 15) is 18.8 Å². The minimum Gasteiger partial charge on any atom is -0.494 e. The zero-order valence-corrected chi connectivity index (χ0v) is 14.8. The highest BCUT2D eigenvalue weighted by molar-refractivity contribution is 6.04. The normalized spacial score (nSPS) is 10.5. The molecule has 0 heterocycles. The Kier molecular flexibility index (Phi) is 6.82. The zero-order valence-electron chi connectivity index (χ0n) is 14.8. The molecule has 2 rings (SSSR count). The Balaban J connectivity index is 1.89. The maximum atomic E-state index is 13.6. The van der Waals surface area contributed by atoms with Crippen molar-refractivity contribution in [3.05, 3.63) is 65.5 Å². The summed E-state index contributed by atoms with van der Waals surface area (Å²) in [5.41, 5.74) is 1.14. The lowest BCUT2D eigenvalue weighted by molar-refractivity contribution is -0.142. The van der Waals surface area contributed by atoms with Crippen LogP contribution in [-0.2, 0) is 14.3 Å². The minimum absolute atomic E-state index is 0.0947. The number of rotatable bonds is 7. The van der Waals surface area contributed by atoms with Crippen LogP contribution in [0, 0.1) is 5.82 Å². The molecule has 140 valence electrons. The molecule has 0 spiro atoms. The average molecular weight is 371 g/mol. The molecule has 0 radical (unpaired) electrons. The van der Waals surface area contributed by atoms with Crippen molar-refractivity contribution in [3.8, 4) is 5.75 Å². The van der Waals surface area contributed by atoms with E-state index < -0.39 is 24.3 Å². The molecule has 0 saturated carbocycles. The fraction of sp³-hybridized carbons (Fsp3) is 0.150. The number of carbonyl (C=O) groups is 3. The smallest absolute Gasteiger partial charge is 0.331 e. The average Bonchev–Trinajstić information content (AvgIpc) is 2.65. The van der Waals surface area contributed by atoms with Gasteiger partial charge in [0.15, 0.2) is 24.0 Å². The Morgan fingerprint density at radius 1 is 1.15 bits per heavy atom. The molecular weight excluding hydrogens is 353 g/mol. The van der Waals surface area contributed by atoms with Crippen LogP contribution in [0.25, 0.3) is 6.08 Å². The van der Waals surface area contributed by atoms with Crippen molar-refractivity contribution >= 4 is 29.4 Å². The van der Waals surface area contributed by atoms with Crippen molar-refractivity contribution in [1.29, 1.82) is 0 Å². The van der Waals surface area contributed by atoms with Crippen LogP contribution < -0.4 is 10.1 Å². The number of nitrogens with one attached hydrogen (secondary N) is 1. The van der Waals surface area contributed by atoms with E-state index in [0.717, 1.165) is 6.08 Å². The maximum Gasteiger partial charge on any atom is 0.331 e. The predicted octanol–water partition coefficient (Wildman–Crippen LogP) is 3.23. The highest BCUT2D eigenvalue weighted by Gasteiger charge is 2.11. The number of amides is 1. The molecule has 0 aromatic heterocycles. The van der Waals surface area contributed by atoms with Gasteiger partial charge < -0.3 is 14.8 Å². The van der Waals surface area contributed by atoms with Crippen molar-refractivity contribution in [1.82, 2.24) is 0 Å². The van der Waals surface area contributed by atoms with Gasteiger partial charge in [-0.25, -0.2) is 9.18 Å². The number of Topliss-reactive ketones (excluding diaryl/α,β-unsaturated/α-hetero) is 1. The Bertz CT molecular complexity index is 892. The molecule has 0 unspecified atom stereocenters. The van der Waals surface area contributed by atoms with Crippen LogP contribution in [0.3, 0.4) is 0 Å². The molecule has 1 N–H and O–H groups in total. The third-order valence-corrected chi connectivity index (χ3v) is 3.51. The molecule has 0 saturated heterocycles. The summed E-state index contributed by atoms with van der Waals surface area (Å²) in [5.74, 6) is -2.01. The van der Waals surface area contributed by atoms with Crippen LogP contribution in [0.4, 0.5) is 10.1 Å². The topological polar surface area (TPSA) is 81.7 Å². The summed E-state index contributed by atoms with van der Waals surface area (Å²) >= 11 is 0. The number of hydrogen-bond donors (Lipinski definition) is 1. The Morgan fingerprint density at radius 2 is 1.89 bits per heavy atom. The first-order valence-corrected chi connectivity index (χ1v) is 7.99. The highest BCUT2D eigenvalue weighted by Crippen LogP contribution is 2.18. The second-order valence-corrected chi connectivity index (χ2v) is 5.48. The van der Waals surface area contributed by atoms with Crippen LogP contribution >= 0.6 is 0 Å². The summed E-state index contributed by atoms with van der Waals surface area (Å²) in [7, 11) is 1.35. The van der Waals surface area contributed by atoms with E-state index in [-0.39, 0.29) is 11.5 Å². The molecular formula is C20H18FNO5. The van der Waals surface area contributed by atoms with E-state index in [4.69, 9.17) is 9.47 Å². The van der Waals surface area contributed by atoms with Crippen LogP contribution in [0.2, 0.25) is 0 Å². The van der Waals surface area contributed by atoms with Gasteiger partial charge in [-0.2, -0.15) is 0 Å². The van der Waals surface area contributed by atoms with E-state index in [1.807, 2.05) is 0 Å². The molecule has 0 fully saturated rings. The fourth-order valence-corrected chi connectivity index (χ4v) is 2.22. The lowest BCUT2D eigenvalue weighted by Crippen LogP contribution is -2.21. The molecule has 0 bridgehead atoms. The summed E-state index contributed by atoms with van der Waals surface area (Å²) < 4.78 is 23.2. The van der Waals surface area contributed by atoms with Gasteiger partial charge in [0.25, 0.3) is 5.91 Å². The third-order valence-electron chi connectivity index (χ3n) is 3.51. The number of anilines is 1. The molecule has 1 amide bonds. The molecule has 27 heavy (non-hydrogen) atoms. The van der Waals surface area contributed by atoms with Gasteiger partial charge in [0.05, 0.1) is 12.8 Å². The lowest BCUT2D eigenvalue weighted by Gasteiger charge is -2.08.